The highest BCUT2D eigenvalue weighted by molar-refractivity contribution is 7.12. The first-order valence-corrected chi connectivity index (χ1v) is 8.23. The van der Waals surface area contributed by atoms with Crippen LogP contribution in [-0.4, -0.2) is 19.0 Å². The summed E-state index contributed by atoms with van der Waals surface area (Å²) in [5.41, 5.74) is 2.78. The number of rotatable bonds is 5. The third kappa shape index (κ3) is 4.87. The number of benzene rings is 1. The van der Waals surface area contributed by atoms with Crippen LogP contribution in [0.2, 0.25) is 0 Å². The zero-order valence-corrected chi connectivity index (χ0v) is 14.6. The maximum atomic E-state index is 3.53. The van der Waals surface area contributed by atoms with Crippen LogP contribution in [0.15, 0.2) is 36.4 Å². The maximum Gasteiger partial charge on any atom is 0.0494 e. The first-order chi connectivity index (χ1) is 9.84. The van der Waals surface area contributed by atoms with E-state index in [1.54, 1.807) is 0 Å². The Labute approximate surface area is 132 Å². The summed E-state index contributed by atoms with van der Waals surface area (Å²) in [6, 6.07) is 13.2. The summed E-state index contributed by atoms with van der Waals surface area (Å²) in [4.78, 5) is 5.02. The summed E-state index contributed by atoms with van der Waals surface area (Å²) in [7, 11) is 4.19. The number of nitrogens with one attached hydrogen (secondary N) is 1. The molecule has 0 spiro atoms. The standard InChI is InChI=1S/C18H26N2S/c1-18(2,3)17-10-9-16(21-17)12-19-15-8-6-7-14(11-15)13-20(4)5/h6-11,19H,12-13H2,1-5H3. The van der Waals surface area contributed by atoms with Crippen LogP contribution in [0.1, 0.15) is 36.1 Å². The van der Waals surface area contributed by atoms with Gasteiger partial charge in [0, 0.05) is 28.5 Å². The van der Waals surface area contributed by atoms with Crippen LogP contribution in [0.25, 0.3) is 0 Å². The van der Waals surface area contributed by atoms with Gasteiger partial charge in [0.15, 0.2) is 0 Å². The van der Waals surface area contributed by atoms with Crippen molar-refractivity contribution in [1.82, 2.24) is 4.90 Å². The van der Waals surface area contributed by atoms with E-state index in [1.165, 1.54) is 21.0 Å². The number of hydrogen-bond donors (Lipinski definition) is 1. The monoisotopic (exact) mass is 302 g/mol. The molecule has 0 saturated heterocycles. The Hall–Kier alpha value is -1.32. The molecule has 1 heterocycles. The molecule has 0 aliphatic rings. The normalized spacial score (nSPS) is 11.9. The molecule has 3 heteroatoms. The van der Waals surface area contributed by atoms with E-state index in [0.717, 1.165) is 13.1 Å². The average Bonchev–Trinajstić information content (AvgIpc) is 2.84. The van der Waals surface area contributed by atoms with E-state index in [1.807, 2.05) is 11.3 Å². The van der Waals surface area contributed by atoms with Gasteiger partial charge in [-0.25, -0.2) is 0 Å². The minimum atomic E-state index is 0.245. The van der Waals surface area contributed by atoms with Gasteiger partial charge >= 0.3 is 0 Å². The third-order valence-corrected chi connectivity index (χ3v) is 4.80. The van der Waals surface area contributed by atoms with E-state index >= 15 is 0 Å². The maximum absolute atomic E-state index is 3.53. The molecule has 2 nitrogen and oxygen atoms in total. The van der Waals surface area contributed by atoms with Crippen molar-refractivity contribution in [2.45, 2.75) is 39.3 Å². The molecule has 2 rings (SSSR count). The molecule has 21 heavy (non-hydrogen) atoms. The molecule has 0 unspecified atom stereocenters. The van der Waals surface area contributed by atoms with E-state index in [0.29, 0.717) is 0 Å². The Balaban J connectivity index is 1.98. The molecule has 0 atom stereocenters. The van der Waals surface area contributed by atoms with Crippen molar-refractivity contribution < 1.29 is 0 Å². The fraction of sp³-hybridized carbons (Fsp3) is 0.444. The van der Waals surface area contributed by atoms with Gasteiger partial charge in [0.05, 0.1) is 0 Å². The SMILES string of the molecule is CN(C)Cc1cccc(NCc2ccc(C(C)(C)C)s2)c1. The number of nitrogens with zero attached hydrogens (tertiary/aromatic N) is 1. The van der Waals surface area contributed by atoms with Crippen molar-refractivity contribution in [3.8, 4) is 0 Å². The molecule has 0 amide bonds. The summed E-state index contributed by atoms with van der Waals surface area (Å²) in [6.45, 7) is 8.66. The minimum absolute atomic E-state index is 0.245. The highest BCUT2D eigenvalue weighted by Gasteiger charge is 2.15. The molecule has 0 fully saturated rings. The Morgan fingerprint density at radius 3 is 2.48 bits per heavy atom. The zero-order valence-electron chi connectivity index (χ0n) is 13.7. The van der Waals surface area contributed by atoms with Crippen molar-refractivity contribution in [2.24, 2.45) is 0 Å². The average molecular weight is 302 g/mol. The van der Waals surface area contributed by atoms with E-state index in [2.05, 4.69) is 81.5 Å². The molecule has 2 aromatic rings. The molecule has 0 bridgehead atoms. The summed E-state index contributed by atoms with van der Waals surface area (Å²) in [6.07, 6.45) is 0. The molecule has 0 aliphatic carbocycles. The molecule has 114 valence electrons. The predicted molar refractivity (Wildman–Crippen MR) is 94.2 cm³/mol. The molecular formula is C18H26N2S. The Bertz CT molecular complexity index is 579. The molecule has 1 aromatic carbocycles. The zero-order chi connectivity index (χ0) is 15.5. The van der Waals surface area contributed by atoms with Crippen LogP contribution < -0.4 is 5.32 Å². The van der Waals surface area contributed by atoms with Gasteiger partial charge in [0.25, 0.3) is 0 Å². The highest BCUT2D eigenvalue weighted by Crippen LogP contribution is 2.29. The topological polar surface area (TPSA) is 15.3 Å². The van der Waals surface area contributed by atoms with Crippen molar-refractivity contribution in [1.29, 1.82) is 0 Å². The number of hydrogen-bond acceptors (Lipinski definition) is 3. The van der Waals surface area contributed by atoms with Crippen molar-refractivity contribution in [3.63, 3.8) is 0 Å². The van der Waals surface area contributed by atoms with Gasteiger partial charge < -0.3 is 10.2 Å². The smallest absolute Gasteiger partial charge is 0.0494 e. The Morgan fingerprint density at radius 1 is 1.10 bits per heavy atom. The number of thiophene rings is 1. The van der Waals surface area contributed by atoms with Gasteiger partial charge in [-0.15, -0.1) is 11.3 Å². The summed E-state index contributed by atoms with van der Waals surface area (Å²) >= 11 is 1.90. The van der Waals surface area contributed by atoms with Crippen LogP contribution in [0.5, 0.6) is 0 Å². The van der Waals surface area contributed by atoms with Gasteiger partial charge in [-0.1, -0.05) is 32.9 Å². The number of anilines is 1. The van der Waals surface area contributed by atoms with Crippen molar-refractivity contribution in [2.75, 3.05) is 19.4 Å². The van der Waals surface area contributed by atoms with E-state index < -0.39 is 0 Å². The molecule has 0 aliphatic heterocycles. The van der Waals surface area contributed by atoms with Gasteiger partial charge in [-0.3, -0.25) is 0 Å². The summed E-state index contributed by atoms with van der Waals surface area (Å²) in [5, 5.41) is 3.53. The minimum Gasteiger partial charge on any atom is -0.380 e. The highest BCUT2D eigenvalue weighted by atomic mass is 32.1. The van der Waals surface area contributed by atoms with E-state index in [-0.39, 0.29) is 5.41 Å². The van der Waals surface area contributed by atoms with E-state index in [4.69, 9.17) is 0 Å². The molecule has 1 aromatic heterocycles. The second-order valence-corrected chi connectivity index (χ2v) is 7.98. The van der Waals surface area contributed by atoms with Crippen LogP contribution in [0.4, 0.5) is 5.69 Å². The Morgan fingerprint density at radius 2 is 1.86 bits per heavy atom. The van der Waals surface area contributed by atoms with Gasteiger partial charge in [0.2, 0.25) is 0 Å². The largest absolute Gasteiger partial charge is 0.380 e. The lowest BCUT2D eigenvalue weighted by atomic mass is 9.95. The van der Waals surface area contributed by atoms with Gasteiger partial charge in [0.1, 0.15) is 0 Å². The van der Waals surface area contributed by atoms with Crippen LogP contribution in [0.3, 0.4) is 0 Å². The van der Waals surface area contributed by atoms with Crippen molar-refractivity contribution >= 4 is 17.0 Å². The summed E-state index contributed by atoms with van der Waals surface area (Å²) in [5.74, 6) is 0. The second-order valence-electron chi connectivity index (χ2n) is 6.81. The lowest BCUT2D eigenvalue weighted by molar-refractivity contribution is 0.402. The Kier molecular flexibility index (Phi) is 5.07. The van der Waals surface area contributed by atoms with Crippen LogP contribution in [-0.2, 0) is 18.5 Å². The summed E-state index contributed by atoms with van der Waals surface area (Å²) < 4.78 is 0. The van der Waals surface area contributed by atoms with Crippen molar-refractivity contribution in [3.05, 3.63) is 51.7 Å². The second kappa shape index (κ2) is 6.63. The lowest BCUT2D eigenvalue weighted by Crippen LogP contribution is -2.10. The molecular weight excluding hydrogens is 276 g/mol. The molecule has 1 N–H and O–H groups in total. The molecule has 0 radical (unpaired) electrons. The first-order valence-electron chi connectivity index (χ1n) is 7.41. The van der Waals surface area contributed by atoms with Gasteiger partial charge in [-0.2, -0.15) is 0 Å². The van der Waals surface area contributed by atoms with Crippen LogP contribution >= 0.6 is 11.3 Å². The van der Waals surface area contributed by atoms with E-state index in [9.17, 15) is 0 Å². The third-order valence-electron chi connectivity index (χ3n) is 3.29. The quantitative estimate of drug-likeness (QED) is 0.859. The first kappa shape index (κ1) is 16.1. The molecule has 0 saturated carbocycles. The predicted octanol–water partition coefficient (Wildman–Crippen LogP) is 4.72. The lowest BCUT2D eigenvalue weighted by Gasteiger charge is -2.15. The fourth-order valence-electron chi connectivity index (χ4n) is 2.21. The van der Waals surface area contributed by atoms with Crippen LogP contribution in [0, 0.1) is 0 Å². The fourth-order valence-corrected chi connectivity index (χ4v) is 3.22. The van der Waals surface area contributed by atoms with Gasteiger partial charge in [-0.05, 0) is 49.3 Å².